The molecule has 6 heteroatoms. The third kappa shape index (κ3) is 4.50. The maximum atomic E-state index is 14.7. The molecule has 1 fully saturated rings. The topological polar surface area (TPSA) is 27.7 Å². The van der Waals surface area contributed by atoms with Gasteiger partial charge in [0.15, 0.2) is 29.5 Å². The van der Waals surface area contributed by atoms with Crippen molar-refractivity contribution >= 4 is 0 Å². The summed E-state index contributed by atoms with van der Waals surface area (Å²) in [5.74, 6) is -2.62. The van der Waals surface area contributed by atoms with Crippen LogP contribution in [0.1, 0.15) is 44.6 Å². The molecule has 0 spiro atoms. The third-order valence-corrected chi connectivity index (χ3v) is 4.84. The first kappa shape index (κ1) is 20.7. The van der Waals surface area contributed by atoms with Crippen LogP contribution in [0.3, 0.4) is 0 Å². The van der Waals surface area contributed by atoms with Crippen LogP contribution in [0, 0.1) is 17.5 Å². The minimum Gasteiger partial charge on any atom is -0.491 e. The highest BCUT2D eigenvalue weighted by Crippen LogP contribution is 2.35. The van der Waals surface area contributed by atoms with E-state index in [1.807, 2.05) is 13.8 Å². The third-order valence-electron chi connectivity index (χ3n) is 4.84. The Labute approximate surface area is 163 Å². The van der Waals surface area contributed by atoms with E-state index in [1.54, 1.807) is 6.07 Å². The maximum Gasteiger partial charge on any atom is 0.166 e. The Bertz CT molecular complexity index is 802. The summed E-state index contributed by atoms with van der Waals surface area (Å²) < 4.78 is 60.0. The predicted octanol–water partition coefficient (Wildman–Crippen LogP) is 5.82. The standard InChI is InChI=1S/C22H25F3O3/c1-3-11-27-19-9-5-14(12-18(19)23)16-7-8-17(22(25)21(16)24)15-6-10-20(26-4-2)28-13-15/h5,7-9,12,15,20H,3-4,6,10-11,13H2,1-2H3. The monoisotopic (exact) mass is 394 g/mol. The number of hydrogen-bond acceptors (Lipinski definition) is 3. The van der Waals surface area contributed by atoms with Gasteiger partial charge in [0.25, 0.3) is 0 Å². The van der Waals surface area contributed by atoms with Crippen LogP contribution in [0.5, 0.6) is 5.75 Å². The summed E-state index contributed by atoms with van der Waals surface area (Å²) in [6.07, 6.45) is 1.74. The summed E-state index contributed by atoms with van der Waals surface area (Å²) in [5.41, 5.74) is 0.561. The van der Waals surface area contributed by atoms with Crippen molar-refractivity contribution in [2.45, 2.75) is 45.3 Å². The van der Waals surface area contributed by atoms with Gasteiger partial charge in [0.05, 0.1) is 13.2 Å². The van der Waals surface area contributed by atoms with Crippen molar-refractivity contribution in [3.63, 3.8) is 0 Å². The number of benzene rings is 2. The summed E-state index contributed by atoms with van der Waals surface area (Å²) in [6.45, 7) is 5.01. The van der Waals surface area contributed by atoms with Gasteiger partial charge in [-0.2, -0.15) is 0 Å². The van der Waals surface area contributed by atoms with Crippen molar-refractivity contribution in [1.82, 2.24) is 0 Å². The quantitative estimate of drug-likeness (QED) is 0.593. The van der Waals surface area contributed by atoms with Gasteiger partial charge in [0.1, 0.15) is 0 Å². The Morgan fingerprint density at radius 1 is 1.04 bits per heavy atom. The van der Waals surface area contributed by atoms with Gasteiger partial charge in [-0.05, 0) is 49.4 Å². The molecule has 3 nitrogen and oxygen atoms in total. The fourth-order valence-electron chi connectivity index (χ4n) is 3.39. The Kier molecular flexibility index (Phi) is 6.97. The molecule has 3 rings (SSSR count). The molecule has 1 heterocycles. The fraction of sp³-hybridized carbons (Fsp3) is 0.455. The first-order valence-electron chi connectivity index (χ1n) is 9.68. The molecule has 1 aliphatic rings. The lowest BCUT2D eigenvalue weighted by molar-refractivity contribution is -0.164. The van der Waals surface area contributed by atoms with Gasteiger partial charge >= 0.3 is 0 Å². The number of ether oxygens (including phenoxy) is 3. The van der Waals surface area contributed by atoms with Gasteiger partial charge in [0.2, 0.25) is 0 Å². The lowest BCUT2D eigenvalue weighted by Crippen LogP contribution is -2.27. The number of hydrogen-bond donors (Lipinski definition) is 0. The number of halogens is 3. The van der Waals surface area contributed by atoms with E-state index in [0.717, 1.165) is 6.42 Å². The smallest absolute Gasteiger partial charge is 0.166 e. The summed E-state index contributed by atoms with van der Waals surface area (Å²) in [4.78, 5) is 0. The average molecular weight is 394 g/mol. The van der Waals surface area contributed by atoms with E-state index < -0.39 is 17.5 Å². The number of rotatable bonds is 7. The zero-order valence-corrected chi connectivity index (χ0v) is 16.1. The molecule has 0 aromatic heterocycles. The molecule has 0 amide bonds. The summed E-state index contributed by atoms with van der Waals surface area (Å²) in [6, 6.07) is 7.18. The molecule has 2 aromatic carbocycles. The molecule has 1 saturated heterocycles. The molecule has 2 unspecified atom stereocenters. The lowest BCUT2D eigenvalue weighted by atomic mass is 9.90. The Morgan fingerprint density at radius 2 is 1.86 bits per heavy atom. The molecular weight excluding hydrogens is 369 g/mol. The van der Waals surface area contributed by atoms with E-state index in [9.17, 15) is 13.2 Å². The minimum atomic E-state index is -0.981. The largest absolute Gasteiger partial charge is 0.491 e. The molecule has 2 aromatic rings. The van der Waals surface area contributed by atoms with Gasteiger partial charge in [-0.1, -0.05) is 25.1 Å². The van der Waals surface area contributed by atoms with Crippen molar-refractivity contribution in [1.29, 1.82) is 0 Å². The minimum absolute atomic E-state index is 0.0195. The Hall–Kier alpha value is -2.05. The van der Waals surface area contributed by atoms with Gasteiger partial charge < -0.3 is 14.2 Å². The van der Waals surface area contributed by atoms with E-state index >= 15 is 0 Å². The second-order valence-electron chi connectivity index (χ2n) is 6.82. The van der Waals surface area contributed by atoms with Crippen LogP contribution >= 0.6 is 0 Å². The van der Waals surface area contributed by atoms with Gasteiger partial charge in [-0.3, -0.25) is 0 Å². The molecule has 0 saturated carbocycles. The summed E-state index contributed by atoms with van der Waals surface area (Å²) in [7, 11) is 0. The van der Waals surface area contributed by atoms with Crippen LogP contribution in [0.25, 0.3) is 11.1 Å². The normalized spacial score (nSPS) is 19.6. The second kappa shape index (κ2) is 9.43. The first-order chi connectivity index (χ1) is 13.5. The predicted molar refractivity (Wildman–Crippen MR) is 101 cm³/mol. The molecule has 0 bridgehead atoms. The van der Waals surface area contributed by atoms with E-state index in [4.69, 9.17) is 14.2 Å². The van der Waals surface area contributed by atoms with Crippen LogP contribution < -0.4 is 4.74 Å². The van der Waals surface area contributed by atoms with Crippen molar-refractivity contribution in [3.05, 3.63) is 53.3 Å². The Morgan fingerprint density at radius 3 is 2.50 bits per heavy atom. The van der Waals surface area contributed by atoms with Crippen LogP contribution in [0.15, 0.2) is 30.3 Å². The maximum absolute atomic E-state index is 14.7. The van der Waals surface area contributed by atoms with Crippen molar-refractivity contribution < 1.29 is 27.4 Å². The van der Waals surface area contributed by atoms with Crippen molar-refractivity contribution in [3.8, 4) is 16.9 Å². The van der Waals surface area contributed by atoms with E-state index in [-0.39, 0.29) is 41.3 Å². The van der Waals surface area contributed by atoms with E-state index in [2.05, 4.69) is 0 Å². The fourth-order valence-corrected chi connectivity index (χ4v) is 3.39. The van der Waals surface area contributed by atoms with Crippen LogP contribution in [-0.2, 0) is 9.47 Å². The molecule has 0 aliphatic carbocycles. The van der Waals surface area contributed by atoms with Crippen LogP contribution in [0.4, 0.5) is 13.2 Å². The van der Waals surface area contributed by atoms with Gasteiger partial charge in [-0.25, -0.2) is 13.2 Å². The van der Waals surface area contributed by atoms with Gasteiger partial charge in [0, 0.05) is 18.1 Å². The van der Waals surface area contributed by atoms with Crippen molar-refractivity contribution in [2.75, 3.05) is 19.8 Å². The highest BCUT2D eigenvalue weighted by atomic mass is 19.2. The molecule has 2 atom stereocenters. The molecule has 28 heavy (non-hydrogen) atoms. The van der Waals surface area contributed by atoms with E-state index in [0.29, 0.717) is 26.1 Å². The highest BCUT2D eigenvalue weighted by molar-refractivity contribution is 5.66. The molecule has 0 radical (unpaired) electrons. The Balaban J connectivity index is 1.80. The summed E-state index contributed by atoms with van der Waals surface area (Å²) in [5, 5.41) is 0. The first-order valence-corrected chi connectivity index (χ1v) is 9.68. The zero-order chi connectivity index (χ0) is 20.1. The lowest BCUT2D eigenvalue weighted by Gasteiger charge is -2.29. The average Bonchev–Trinajstić information content (AvgIpc) is 2.70. The molecule has 1 aliphatic heterocycles. The highest BCUT2D eigenvalue weighted by Gasteiger charge is 2.27. The SMILES string of the molecule is CCCOc1ccc(-c2ccc(C3CCC(OCC)OC3)c(F)c2F)cc1F. The molecule has 152 valence electrons. The van der Waals surface area contributed by atoms with Crippen molar-refractivity contribution in [2.24, 2.45) is 0 Å². The molecular formula is C22H25F3O3. The van der Waals surface area contributed by atoms with E-state index in [1.165, 1.54) is 24.3 Å². The van der Waals surface area contributed by atoms with Gasteiger partial charge in [-0.15, -0.1) is 0 Å². The second-order valence-corrected chi connectivity index (χ2v) is 6.82. The zero-order valence-electron chi connectivity index (χ0n) is 16.1. The van der Waals surface area contributed by atoms with Crippen LogP contribution in [0.2, 0.25) is 0 Å². The summed E-state index contributed by atoms with van der Waals surface area (Å²) >= 11 is 0. The molecule has 0 N–H and O–H groups in total. The van der Waals surface area contributed by atoms with Crippen LogP contribution in [-0.4, -0.2) is 26.1 Å².